The number of nitrogens with one attached hydrogen (secondary N) is 1. The summed E-state index contributed by atoms with van der Waals surface area (Å²) in [6.07, 6.45) is 2.75. The van der Waals surface area contributed by atoms with E-state index in [2.05, 4.69) is 10.3 Å². The average molecular weight is 383 g/mol. The van der Waals surface area contributed by atoms with Gasteiger partial charge < -0.3 is 5.32 Å². The number of para-hydroxylation sites is 2. The molecule has 0 aliphatic rings. The first-order valence-corrected chi connectivity index (χ1v) is 10.3. The minimum absolute atomic E-state index is 0.312. The van der Waals surface area contributed by atoms with Crippen molar-refractivity contribution in [2.24, 2.45) is 0 Å². The third-order valence-corrected chi connectivity index (χ3v) is 5.40. The minimum Gasteiger partial charge on any atom is -0.323 e. The van der Waals surface area contributed by atoms with Gasteiger partial charge in [-0.2, -0.15) is 0 Å². The van der Waals surface area contributed by atoms with E-state index >= 15 is 0 Å². The molecule has 0 bridgehead atoms. The number of anilines is 2. The molecule has 0 fully saturated rings. The molecular formula is C20H21N3O3S. The molecule has 1 amide bonds. The Bertz CT molecular complexity index is 1080. The summed E-state index contributed by atoms with van der Waals surface area (Å²) in [5, 5.41) is 3.68. The van der Waals surface area contributed by atoms with Crippen molar-refractivity contribution in [3.63, 3.8) is 0 Å². The Hall–Kier alpha value is -2.93. The van der Waals surface area contributed by atoms with Gasteiger partial charge in [0.1, 0.15) is 6.54 Å². The number of amides is 1. The van der Waals surface area contributed by atoms with Crippen molar-refractivity contribution in [2.45, 2.75) is 13.8 Å². The molecule has 0 radical (unpaired) electrons. The van der Waals surface area contributed by atoms with Crippen LogP contribution in [0.1, 0.15) is 11.1 Å². The summed E-state index contributed by atoms with van der Waals surface area (Å²) in [6.45, 7) is 3.34. The number of aryl methyl sites for hydroxylation is 2. The molecule has 3 aromatic rings. The molecule has 0 aliphatic heterocycles. The van der Waals surface area contributed by atoms with Gasteiger partial charge in [0, 0.05) is 11.6 Å². The van der Waals surface area contributed by atoms with Crippen LogP contribution in [0.25, 0.3) is 10.9 Å². The Kier molecular flexibility index (Phi) is 5.14. The number of hydrogen-bond donors (Lipinski definition) is 1. The number of hydrogen-bond acceptors (Lipinski definition) is 4. The van der Waals surface area contributed by atoms with E-state index in [1.165, 1.54) is 0 Å². The maximum absolute atomic E-state index is 12.7. The van der Waals surface area contributed by atoms with Gasteiger partial charge in [-0.3, -0.25) is 14.1 Å². The van der Waals surface area contributed by atoms with Crippen LogP contribution in [0.4, 0.5) is 11.4 Å². The van der Waals surface area contributed by atoms with E-state index in [0.29, 0.717) is 16.9 Å². The van der Waals surface area contributed by atoms with Crippen LogP contribution in [-0.2, 0) is 14.8 Å². The molecule has 3 rings (SSSR count). The Morgan fingerprint density at radius 3 is 2.33 bits per heavy atom. The van der Waals surface area contributed by atoms with E-state index in [1.54, 1.807) is 12.3 Å². The monoisotopic (exact) mass is 383 g/mol. The lowest BCUT2D eigenvalue weighted by Gasteiger charge is -2.25. The summed E-state index contributed by atoms with van der Waals surface area (Å²) < 4.78 is 25.9. The van der Waals surface area contributed by atoms with Crippen LogP contribution < -0.4 is 9.62 Å². The number of nitrogens with zero attached hydrogens (tertiary/aromatic N) is 2. The number of pyridine rings is 1. The third kappa shape index (κ3) is 4.09. The first-order valence-electron chi connectivity index (χ1n) is 8.45. The predicted octanol–water partition coefficient (Wildman–Crippen LogP) is 3.26. The lowest BCUT2D eigenvalue weighted by Crippen LogP contribution is -2.38. The third-order valence-electron chi connectivity index (χ3n) is 4.28. The highest BCUT2D eigenvalue weighted by Gasteiger charge is 2.24. The number of carbonyl (C=O) groups excluding carboxylic acids is 1. The van der Waals surface area contributed by atoms with Gasteiger partial charge in [0.05, 0.1) is 23.1 Å². The SMILES string of the molecule is Cc1cccc(C)c1N(CC(=O)Nc1cccc2cccnc12)S(C)(=O)=O. The summed E-state index contributed by atoms with van der Waals surface area (Å²) in [7, 11) is -3.64. The zero-order valence-electron chi connectivity index (χ0n) is 15.4. The summed E-state index contributed by atoms with van der Waals surface area (Å²) >= 11 is 0. The number of benzene rings is 2. The summed E-state index contributed by atoms with van der Waals surface area (Å²) in [5.74, 6) is -0.429. The first-order chi connectivity index (χ1) is 12.8. The van der Waals surface area contributed by atoms with Gasteiger partial charge in [0.15, 0.2) is 0 Å². The predicted molar refractivity (Wildman–Crippen MR) is 108 cm³/mol. The van der Waals surface area contributed by atoms with Crippen molar-refractivity contribution >= 4 is 38.2 Å². The van der Waals surface area contributed by atoms with Crippen molar-refractivity contribution in [1.82, 2.24) is 4.98 Å². The van der Waals surface area contributed by atoms with Crippen molar-refractivity contribution in [3.05, 3.63) is 65.9 Å². The number of sulfonamides is 1. The maximum Gasteiger partial charge on any atom is 0.245 e. The molecule has 0 atom stereocenters. The van der Waals surface area contributed by atoms with Gasteiger partial charge in [0.2, 0.25) is 15.9 Å². The van der Waals surface area contributed by atoms with Crippen molar-refractivity contribution in [3.8, 4) is 0 Å². The number of rotatable bonds is 5. The van der Waals surface area contributed by atoms with Crippen LogP contribution >= 0.6 is 0 Å². The Morgan fingerprint density at radius 2 is 1.67 bits per heavy atom. The van der Waals surface area contributed by atoms with Crippen molar-refractivity contribution in [2.75, 3.05) is 22.4 Å². The molecule has 6 nitrogen and oxygen atoms in total. The Morgan fingerprint density at radius 1 is 1.04 bits per heavy atom. The normalized spacial score (nSPS) is 11.4. The lowest BCUT2D eigenvalue weighted by atomic mass is 10.1. The summed E-state index contributed by atoms with van der Waals surface area (Å²) in [4.78, 5) is 17.0. The zero-order chi connectivity index (χ0) is 19.6. The summed E-state index contributed by atoms with van der Waals surface area (Å²) in [5.41, 5.74) is 3.32. The topological polar surface area (TPSA) is 79.4 Å². The lowest BCUT2D eigenvalue weighted by molar-refractivity contribution is -0.114. The second kappa shape index (κ2) is 7.36. The van der Waals surface area contributed by atoms with Crippen LogP contribution in [0, 0.1) is 13.8 Å². The van der Waals surface area contributed by atoms with Crippen LogP contribution in [-0.4, -0.2) is 32.1 Å². The first kappa shape index (κ1) is 18.8. The molecule has 27 heavy (non-hydrogen) atoms. The Labute approximate surface area is 158 Å². The Balaban J connectivity index is 1.92. The van der Waals surface area contributed by atoms with Crippen LogP contribution in [0.2, 0.25) is 0 Å². The highest BCUT2D eigenvalue weighted by Crippen LogP contribution is 2.27. The molecule has 140 valence electrons. The van der Waals surface area contributed by atoms with E-state index in [0.717, 1.165) is 27.1 Å². The van der Waals surface area contributed by atoms with Gasteiger partial charge >= 0.3 is 0 Å². The largest absolute Gasteiger partial charge is 0.323 e. The quantitative estimate of drug-likeness (QED) is 0.733. The van der Waals surface area contributed by atoms with E-state index in [4.69, 9.17) is 0 Å². The molecule has 1 heterocycles. The van der Waals surface area contributed by atoms with Gasteiger partial charge in [-0.25, -0.2) is 8.42 Å². The molecule has 1 aromatic heterocycles. The van der Waals surface area contributed by atoms with Gasteiger partial charge in [-0.15, -0.1) is 0 Å². The molecular weight excluding hydrogens is 362 g/mol. The molecule has 0 unspecified atom stereocenters. The van der Waals surface area contributed by atoms with E-state index in [9.17, 15) is 13.2 Å². The highest BCUT2D eigenvalue weighted by molar-refractivity contribution is 7.92. The molecule has 2 aromatic carbocycles. The van der Waals surface area contributed by atoms with E-state index < -0.39 is 15.9 Å². The van der Waals surface area contributed by atoms with Gasteiger partial charge in [-0.1, -0.05) is 36.4 Å². The second-order valence-corrected chi connectivity index (χ2v) is 8.35. The smallest absolute Gasteiger partial charge is 0.245 e. The second-order valence-electron chi connectivity index (χ2n) is 6.44. The van der Waals surface area contributed by atoms with E-state index in [1.807, 2.05) is 56.3 Å². The molecule has 0 aliphatic carbocycles. The fourth-order valence-electron chi connectivity index (χ4n) is 3.09. The van der Waals surface area contributed by atoms with Crippen molar-refractivity contribution in [1.29, 1.82) is 0 Å². The van der Waals surface area contributed by atoms with Crippen LogP contribution in [0.15, 0.2) is 54.7 Å². The van der Waals surface area contributed by atoms with Gasteiger partial charge in [-0.05, 0) is 37.1 Å². The van der Waals surface area contributed by atoms with Gasteiger partial charge in [0.25, 0.3) is 0 Å². The average Bonchev–Trinajstić information content (AvgIpc) is 2.60. The molecule has 0 saturated heterocycles. The fraction of sp³-hybridized carbons (Fsp3) is 0.200. The minimum atomic E-state index is -3.64. The molecule has 7 heteroatoms. The summed E-state index contributed by atoms with van der Waals surface area (Å²) in [6, 6.07) is 14.7. The van der Waals surface area contributed by atoms with Crippen molar-refractivity contribution < 1.29 is 13.2 Å². The molecule has 0 spiro atoms. The van der Waals surface area contributed by atoms with Crippen LogP contribution in [0.3, 0.4) is 0 Å². The molecule has 1 N–H and O–H groups in total. The number of carbonyl (C=O) groups is 1. The standard InChI is InChI=1S/C20H21N3O3S/c1-14-7-4-8-15(2)20(14)23(27(3,25)26)13-18(24)22-17-11-5-9-16-10-6-12-21-19(16)17/h4-12H,13H2,1-3H3,(H,22,24). The number of fused-ring (bicyclic) bond motifs is 1. The maximum atomic E-state index is 12.7. The highest BCUT2D eigenvalue weighted by atomic mass is 32.2. The van der Waals surface area contributed by atoms with E-state index in [-0.39, 0.29) is 6.54 Å². The number of aromatic nitrogens is 1. The zero-order valence-corrected chi connectivity index (χ0v) is 16.2. The fourth-order valence-corrected chi connectivity index (χ4v) is 4.06. The molecule has 0 saturated carbocycles. The van der Waals surface area contributed by atoms with Crippen LogP contribution in [0.5, 0.6) is 0 Å².